The molecule has 3 heteroatoms. The highest BCUT2D eigenvalue weighted by Gasteiger charge is 2.23. The standard InChI is InChI=1S/C10H21NO2/c1-7(2)6-10(4,5)11-9(13)8(3)12/h7-8,12H,6H2,1-5H3,(H,11,13). The number of amides is 1. The molecule has 0 saturated carbocycles. The largest absolute Gasteiger partial charge is 0.384 e. The average Bonchev–Trinajstić information content (AvgIpc) is 1.81. The molecular weight excluding hydrogens is 166 g/mol. The molecule has 78 valence electrons. The van der Waals surface area contributed by atoms with Gasteiger partial charge in [-0.15, -0.1) is 0 Å². The third-order valence-electron chi connectivity index (χ3n) is 1.76. The Morgan fingerprint density at radius 2 is 1.85 bits per heavy atom. The molecule has 0 heterocycles. The van der Waals surface area contributed by atoms with Gasteiger partial charge in [0.25, 0.3) is 0 Å². The van der Waals surface area contributed by atoms with Crippen LogP contribution in [0.5, 0.6) is 0 Å². The molecule has 0 radical (unpaired) electrons. The number of rotatable bonds is 4. The molecule has 1 amide bonds. The number of aliphatic hydroxyl groups excluding tert-OH is 1. The lowest BCUT2D eigenvalue weighted by molar-refractivity contribution is -0.130. The Morgan fingerprint density at radius 1 is 1.38 bits per heavy atom. The lowest BCUT2D eigenvalue weighted by Gasteiger charge is -2.28. The zero-order chi connectivity index (χ0) is 10.6. The van der Waals surface area contributed by atoms with Crippen LogP contribution in [0, 0.1) is 5.92 Å². The molecule has 0 aliphatic carbocycles. The summed E-state index contributed by atoms with van der Waals surface area (Å²) in [7, 11) is 0. The highest BCUT2D eigenvalue weighted by atomic mass is 16.3. The molecule has 1 unspecified atom stereocenters. The molecule has 0 aliphatic rings. The molecule has 0 saturated heterocycles. The van der Waals surface area contributed by atoms with Crippen molar-refractivity contribution in [3.05, 3.63) is 0 Å². The van der Waals surface area contributed by atoms with Crippen molar-refractivity contribution >= 4 is 5.91 Å². The van der Waals surface area contributed by atoms with Gasteiger partial charge in [-0.3, -0.25) is 4.79 Å². The zero-order valence-electron chi connectivity index (χ0n) is 9.22. The predicted octanol–water partition coefficient (Wildman–Crippen LogP) is 1.31. The zero-order valence-corrected chi connectivity index (χ0v) is 9.22. The smallest absolute Gasteiger partial charge is 0.248 e. The number of aliphatic hydroxyl groups is 1. The molecular formula is C10H21NO2. The van der Waals surface area contributed by atoms with Crippen molar-refractivity contribution in [2.75, 3.05) is 0 Å². The van der Waals surface area contributed by atoms with E-state index in [0.717, 1.165) is 6.42 Å². The lowest BCUT2D eigenvalue weighted by atomic mass is 9.92. The van der Waals surface area contributed by atoms with Gasteiger partial charge in [0.15, 0.2) is 0 Å². The van der Waals surface area contributed by atoms with Crippen LogP contribution < -0.4 is 5.32 Å². The monoisotopic (exact) mass is 187 g/mol. The topological polar surface area (TPSA) is 49.3 Å². The Hall–Kier alpha value is -0.570. The molecule has 0 rings (SSSR count). The van der Waals surface area contributed by atoms with Crippen LogP contribution in [0.15, 0.2) is 0 Å². The lowest BCUT2D eigenvalue weighted by Crippen LogP contribution is -2.47. The summed E-state index contributed by atoms with van der Waals surface area (Å²) in [6, 6.07) is 0. The molecule has 0 bridgehead atoms. The Labute approximate surface area is 80.5 Å². The molecule has 0 aliphatic heterocycles. The molecule has 0 aromatic rings. The molecule has 1 atom stereocenters. The summed E-state index contributed by atoms with van der Waals surface area (Å²) in [4.78, 5) is 11.2. The third-order valence-corrected chi connectivity index (χ3v) is 1.76. The first-order chi connectivity index (χ1) is 5.74. The minimum absolute atomic E-state index is 0.234. The van der Waals surface area contributed by atoms with E-state index in [1.54, 1.807) is 0 Å². The van der Waals surface area contributed by atoms with Crippen molar-refractivity contribution in [1.29, 1.82) is 0 Å². The van der Waals surface area contributed by atoms with E-state index >= 15 is 0 Å². The minimum Gasteiger partial charge on any atom is -0.384 e. The first kappa shape index (κ1) is 12.4. The second-order valence-electron chi connectivity index (χ2n) is 4.65. The van der Waals surface area contributed by atoms with Crippen LogP contribution >= 0.6 is 0 Å². The van der Waals surface area contributed by atoms with Crippen molar-refractivity contribution in [2.24, 2.45) is 5.92 Å². The molecule has 13 heavy (non-hydrogen) atoms. The van der Waals surface area contributed by atoms with E-state index in [1.807, 2.05) is 13.8 Å². The molecule has 0 fully saturated rings. The summed E-state index contributed by atoms with van der Waals surface area (Å²) in [6.45, 7) is 9.62. The van der Waals surface area contributed by atoms with E-state index in [-0.39, 0.29) is 11.4 Å². The number of nitrogens with one attached hydrogen (secondary N) is 1. The van der Waals surface area contributed by atoms with E-state index in [9.17, 15) is 4.79 Å². The van der Waals surface area contributed by atoms with Gasteiger partial charge >= 0.3 is 0 Å². The average molecular weight is 187 g/mol. The predicted molar refractivity (Wildman–Crippen MR) is 53.4 cm³/mol. The van der Waals surface area contributed by atoms with Gasteiger partial charge in [-0.05, 0) is 33.1 Å². The molecule has 0 aromatic carbocycles. The van der Waals surface area contributed by atoms with Crippen LogP contribution in [-0.2, 0) is 4.79 Å². The van der Waals surface area contributed by atoms with Crippen molar-refractivity contribution in [1.82, 2.24) is 5.32 Å². The quantitative estimate of drug-likeness (QED) is 0.697. The van der Waals surface area contributed by atoms with Gasteiger partial charge in [-0.1, -0.05) is 13.8 Å². The van der Waals surface area contributed by atoms with E-state index in [1.165, 1.54) is 6.92 Å². The summed E-state index contributed by atoms with van der Waals surface area (Å²) in [5.74, 6) is 0.231. The van der Waals surface area contributed by atoms with Crippen LogP contribution in [0.2, 0.25) is 0 Å². The second-order valence-corrected chi connectivity index (χ2v) is 4.65. The molecule has 0 aromatic heterocycles. The Morgan fingerprint density at radius 3 is 2.15 bits per heavy atom. The van der Waals surface area contributed by atoms with Gasteiger partial charge in [0.05, 0.1) is 0 Å². The van der Waals surface area contributed by atoms with Crippen molar-refractivity contribution < 1.29 is 9.90 Å². The van der Waals surface area contributed by atoms with Crippen molar-refractivity contribution in [3.8, 4) is 0 Å². The summed E-state index contributed by atoms with van der Waals surface area (Å²) in [5, 5.41) is 11.8. The van der Waals surface area contributed by atoms with Gasteiger partial charge in [-0.25, -0.2) is 0 Å². The first-order valence-corrected chi connectivity index (χ1v) is 4.74. The number of hydrogen-bond acceptors (Lipinski definition) is 2. The van der Waals surface area contributed by atoms with Crippen molar-refractivity contribution in [3.63, 3.8) is 0 Å². The summed E-state index contributed by atoms with van der Waals surface area (Å²) < 4.78 is 0. The van der Waals surface area contributed by atoms with E-state index in [0.29, 0.717) is 5.92 Å². The summed E-state index contributed by atoms with van der Waals surface area (Å²) in [6.07, 6.45) is -0.0164. The Balaban J connectivity index is 4.09. The SMILES string of the molecule is CC(C)CC(C)(C)NC(=O)C(C)O. The highest BCUT2D eigenvalue weighted by molar-refractivity contribution is 5.80. The van der Waals surface area contributed by atoms with Crippen LogP contribution in [0.4, 0.5) is 0 Å². The van der Waals surface area contributed by atoms with Crippen LogP contribution in [0.25, 0.3) is 0 Å². The molecule has 0 spiro atoms. The maximum Gasteiger partial charge on any atom is 0.248 e. The minimum atomic E-state index is -0.925. The third kappa shape index (κ3) is 5.64. The molecule has 2 N–H and O–H groups in total. The van der Waals surface area contributed by atoms with Gasteiger partial charge in [0.1, 0.15) is 6.10 Å². The first-order valence-electron chi connectivity index (χ1n) is 4.74. The summed E-state index contributed by atoms with van der Waals surface area (Å²) in [5.41, 5.74) is -0.234. The van der Waals surface area contributed by atoms with Gasteiger partial charge < -0.3 is 10.4 Å². The van der Waals surface area contributed by atoms with E-state index < -0.39 is 6.10 Å². The number of carbonyl (C=O) groups is 1. The van der Waals surface area contributed by atoms with E-state index in [2.05, 4.69) is 19.2 Å². The summed E-state index contributed by atoms with van der Waals surface area (Å²) >= 11 is 0. The fourth-order valence-corrected chi connectivity index (χ4v) is 1.51. The maximum absolute atomic E-state index is 11.2. The van der Waals surface area contributed by atoms with E-state index in [4.69, 9.17) is 5.11 Å². The highest BCUT2D eigenvalue weighted by Crippen LogP contribution is 2.15. The second kappa shape index (κ2) is 4.61. The van der Waals surface area contributed by atoms with Gasteiger partial charge in [0, 0.05) is 5.54 Å². The maximum atomic E-state index is 11.2. The normalized spacial score (nSPS) is 14.4. The van der Waals surface area contributed by atoms with Crippen LogP contribution in [-0.4, -0.2) is 22.7 Å². The van der Waals surface area contributed by atoms with Crippen LogP contribution in [0.1, 0.15) is 41.0 Å². The fraction of sp³-hybridized carbons (Fsp3) is 0.900. The Bertz CT molecular complexity index is 174. The van der Waals surface area contributed by atoms with Gasteiger partial charge in [0.2, 0.25) is 5.91 Å². The Kier molecular flexibility index (Phi) is 4.40. The van der Waals surface area contributed by atoms with Gasteiger partial charge in [-0.2, -0.15) is 0 Å². The number of hydrogen-bond donors (Lipinski definition) is 2. The molecule has 3 nitrogen and oxygen atoms in total. The van der Waals surface area contributed by atoms with Crippen molar-refractivity contribution in [2.45, 2.75) is 52.7 Å². The fourth-order valence-electron chi connectivity index (χ4n) is 1.51. The number of carbonyl (C=O) groups excluding carboxylic acids is 1. The van der Waals surface area contributed by atoms with Crippen LogP contribution in [0.3, 0.4) is 0 Å².